The maximum absolute atomic E-state index is 12.8. The smallest absolute Gasteiger partial charge is 0.279 e. The van der Waals surface area contributed by atoms with E-state index in [4.69, 9.17) is 9.47 Å². The Hall–Kier alpha value is -3.51. The zero-order chi connectivity index (χ0) is 19.3. The first-order valence-corrected chi connectivity index (χ1v) is 8.94. The third-order valence-electron chi connectivity index (χ3n) is 4.34. The summed E-state index contributed by atoms with van der Waals surface area (Å²) in [7, 11) is 1.60. The van der Waals surface area contributed by atoms with E-state index in [1.807, 2.05) is 60.7 Å². The molecule has 0 fully saturated rings. The fourth-order valence-electron chi connectivity index (χ4n) is 2.92. The van der Waals surface area contributed by atoms with Crippen LogP contribution in [0, 0.1) is 0 Å². The second-order valence-electron chi connectivity index (χ2n) is 6.21. The molecular weight excluding hydrogens is 354 g/mol. The summed E-state index contributed by atoms with van der Waals surface area (Å²) in [6, 6.07) is 20.8. The van der Waals surface area contributed by atoms with E-state index in [1.165, 1.54) is 10.9 Å². The average molecular weight is 373 g/mol. The molecule has 0 unspecified atom stereocenters. The molecular formula is C22H19N3O3. The van der Waals surface area contributed by atoms with Gasteiger partial charge in [-0.15, -0.1) is 0 Å². The quantitative estimate of drug-likeness (QED) is 0.513. The second kappa shape index (κ2) is 8.02. The van der Waals surface area contributed by atoms with Crippen LogP contribution in [0.2, 0.25) is 0 Å². The lowest BCUT2D eigenvalue weighted by Gasteiger charge is -2.11. The molecule has 2 aromatic carbocycles. The SMILES string of the molecule is COCCn1cnc2ccc(-c3ccccc3Oc3ccccc3)nc2c1=O. The Kier molecular flexibility index (Phi) is 5.12. The normalized spacial score (nSPS) is 10.9. The van der Waals surface area contributed by atoms with Gasteiger partial charge in [-0.05, 0) is 36.4 Å². The molecule has 0 atom stereocenters. The van der Waals surface area contributed by atoms with Crippen molar-refractivity contribution < 1.29 is 9.47 Å². The largest absolute Gasteiger partial charge is 0.457 e. The topological polar surface area (TPSA) is 66.2 Å². The lowest BCUT2D eigenvalue weighted by molar-refractivity contribution is 0.186. The summed E-state index contributed by atoms with van der Waals surface area (Å²) in [5, 5.41) is 0. The van der Waals surface area contributed by atoms with Gasteiger partial charge in [0.2, 0.25) is 0 Å². The molecule has 6 nitrogen and oxygen atoms in total. The molecule has 2 aromatic heterocycles. The molecule has 4 aromatic rings. The standard InChI is InChI=1S/C22H19N3O3/c1-27-14-13-25-15-23-19-12-11-18(24-21(19)22(25)26)17-9-5-6-10-20(17)28-16-7-3-2-4-8-16/h2-12,15H,13-14H2,1H3. The van der Waals surface area contributed by atoms with E-state index in [2.05, 4.69) is 9.97 Å². The van der Waals surface area contributed by atoms with Crippen LogP contribution in [0.3, 0.4) is 0 Å². The molecule has 0 saturated heterocycles. The lowest BCUT2D eigenvalue weighted by Crippen LogP contribution is -2.23. The molecule has 0 aliphatic carbocycles. The molecule has 0 spiro atoms. The predicted octanol–water partition coefficient (Wildman–Crippen LogP) is 3.90. The fraction of sp³-hybridized carbons (Fsp3) is 0.136. The van der Waals surface area contributed by atoms with Crippen LogP contribution in [-0.4, -0.2) is 28.3 Å². The Bertz CT molecular complexity index is 1160. The Labute approximate surface area is 162 Å². The minimum Gasteiger partial charge on any atom is -0.457 e. The highest BCUT2D eigenvalue weighted by molar-refractivity contribution is 5.78. The molecule has 140 valence electrons. The first-order chi connectivity index (χ1) is 13.8. The zero-order valence-corrected chi connectivity index (χ0v) is 15.4. The summed E-state index contributed by atoms with van der Waals surface area (Å²) in [6.07, 6.45) is 1.53. The van der Waals surface area contributed by atoms with E-state index in [-0.39, 0.29) is 5.56 Å². The summed E-state index contributed by atoms with van der Waals surface area (Å²) in [5.41, 5.74) is 2.15. The maximum Gasteiger partial charge on any atom is 0.279 e. The van der Waals surface area contributed by atoms with Crippen molar-refractivity contribution in [2.45, 2.75) is 6.54 Å². The minimum absolute atomic E-state index is 0.189. The van der Waals surface area contributed by atoms with Crippen molar-refractivity contribution in [2.24, 2.45) is 0 Å². The Balaban J connectivity index is 1.77. The van der Waals surface area contributed by atoms with Crippen molar-refractivity contribution in [1.82, 2.24) is 14.5 Å². The molecule has 0 N–H and O–H groups in total. The molecule has 0 aliphatic heterocycles. The predicted molar refractivity (Wildman–Crippen MR) is 108 cm³/mol. The third kappa shape index (κ3) is 3.63. The third-order valence-corrected chi connectivity index (χ3v) is 4.34. The highest BCUT2D eigenvalue weighted by Crippen LogP contribution is 2.32. The van der Waals surface area contributed by atoms with Crippen molar-refractivity contribution in [3.8, 4) is 22.8 Å². The van der Waals surface area contributed by atoms with Crippen LogP contribution < -0.4 is 10.3 Å². The zero-order valence-electron chi connectivity index (χ0n) is 15.4. The van der Waals surface area contributed by atoms with Crippen LogP contribution in [0.15, 0.2) is 77.9 Å². The van der Waals surface area contributed by atoms with Gasteiger partial charge < -0.3 is 9.47 Å². The number of hydrogen-bond donors (Lipinski definition) is 0. The van der Waals surface area contributed by atoms with Crippen molar-refractivity contribution in [2.75, 3.05) is 13.7 Å². The number of nitrogens with zero attached hydrogens (tertiary/aromatic N) is 3. The van der Waals surface area contributed by atoms with Crippen LogP contribution in [0.5, 0.6) is 11.5 Å². The van der Waals surface area contributed by atoms with E-state index >= 15 is 0 Å². The number of rotatable bonds is 6. The van der Waals surface area contributed by atoms with Crippen molar-refractivity contribution in [3.63, 3.8) is 0 Å². The van der Waals surface area contributed by atoms with E-state index in [0.717, 1.165) is 11.3 Å². The highest BCUT2D eigenvalue weighted by atomic mass is 16.5. The molecule has 6 heteroatoms. The molecule has 0 radical (unpaired) electrons. The van der Waals surface area contributed by atoms with Crippen LogP contribution in [0.4, 0.5) is 0 Å². The second-order valence-corrected chi connectivity index (χ2v) is 6.21. The van der Waals surface area contributed by atoms with Crippen molar-refractivity contribution in [3.05, 3.63) is 83.4 Å². The van der Waals surface area contributed by atoms with Crippen molar-refractivity contribution >= 4 is 11.0 Å². The summed E-state index contributed by atoms with van der Waals surface area (Å²) < 4.78 is 12.6. The number of benzene rings is 2. The first kappa shape index (κ1) is 17.9. The maximum atomic E-state index is 12.8. The number of hydrogen-bond acceptors (Lipinski definition) is 5. The molecule has 0 aliphatic rings. The Morgan fingerprint density at radius 1 is 0.964 bits per heavy atom. The van der Waals surface area contributed by atoms with Gasteiger partial charge in [0.05, 0.1) is 30.7 Å². The van der Waals surface area contributed by atoms with E-state index < -0.39 is 0 Å². The number of aromatic nitrogens is 3. The number of ether oxygens (including phenoxy) is 2. The molecule has 4 rings (SSSR count). The number of methoxy groups -OCH3 is 1. The van der Waals surface area contributed by atoms with E-state index in [0.29, 0.717) is 35.6 Å². The van der Waals surface area contributed by atoms with E-state index in [1.54, 1.807) is 13.2 Å². The van der Waals surface area contributed by atoms with Crippen molar-refractivity contribution in [1.29, 1.82) is 0 Å². The highest BCUT2D eigenvalue weighted by Gasteiger charge is 2.12. The molecule has 2 heterocycles. The fourth-order valence-corrected chi connectivity index (χ4v) is 2.92. The monoisotopic (exact) mass is 373 g/mol. The van der Waals surface area contributed by atoms with Gasteiger partial charge in [-0.1, -0.05) is 30.3 Å². The van der Waals surface area contributed by atoms with Gasteiger partial charge in [0.1, 0.15) is 11.5 Å². The van der Waals surface area contributed by atoms with Gasteiger partial charge in [-0.3, -0.25) is 9.36 Å². The van der Waals surface area contributed by atoms with Gasteiger partial charge >= 0.3 is 0 Å². The minimum atomic E-state index is -0.189. The number of pyridine rings is 1. The summed E-state index contributed by atoms with van der Waals surface area (Å²) in [5.74, 6) is 1.41. The van der Waals surface area contributed by atoms with Crippen LogP contribution >= 0.6 is 0 Å². The van der Waals surface area contributed by atoms with Gasteiger partial charge in [0.15, 0.2) is 5.52 Å². The van der Waals surface area contributed by atoms with Crippen LogP contribution in [-0.2, 0) is 11.3 Å². The van der Waals surface area contributed by atoms with Crippen LogP contribution in [0.1, 0.15) is 0 Å². The number of para-hydroxylation sites is 2. The first-order valence-electron chi connectivity index (χ1n) is 8.94. The van der Waals surface area contributed by atoms with Gasteiger partial charge in [-0.25, -0.2) is 9.97 Å². The molecule has 0 saturated carbocycles. The van der Waals surface area contributed by atoms with Crippen LogP contribution in [0.25, 0.3) is 22.3 Å². The number of fused-ring (bicyclic) bond motifs is 1. The van der Waals surface area contributed by atoms with Gasteiger partial charge in [0, 0.05) is 12.7 Å². The Morgan fingerprint density at radius 2 is 1.75 bits per heavy atom. The summed E-state index contributed by atoms with van der Waals surface area (Å²) in [6.45, 7) is 0.860. The van der Waals surface area contributed by atoms with Gasteiger partial charge in [0.25, 0.3) is 5.56 Å². The average Bonchev–Trinajstić information content (AvgIpc) is 2.74. The summed E-state index contributed by atoms with van der Waals surface area (Å²) in [4.78, 5) is 21.7. The molecule has 0 amide bonds. The summed E-state index contributed by atoms with van der Waals surface area (Å²) >= 11 is 0. The Morgan fingerprint density at radius 3 is 2.57 bits per heavy atom. The lowest BCUT2D eigenvalue weighted by atomic mass is 10.1. The molecule has 28 heavy (non-hydrogen) atoms. The molecule has 0 bridgehead atoms. The van der Waals surface area contributed by atoms with Gasteiger partial charge in [-0.2, -0.15) is 0 Å². The van der Waals surface area contributed by atoms with E-state index in [9.17, 15) is 4.79 Å².